The number of alkyl halides is 8. The van der Waals surface area contributed by atoms with E-state index in [4.69, 9.17) is 0 Å². The molecule has 1 heterocycles. The van der Waals surface area contributed by atoms with Crippen molar-refractivity contribution in [2.75, 3.05) is 39.3 Å². The highest BCUT2D eigenvalue weighted by Crippen LogP contribution is 2.26. The van der Waals surface area contributed by atoms with Gasteiger partial charge in [0.2, 0.25) is 0 Å². The summed E-state index contributed by atoms with van der Waals surface area (Å²) in [5.41, 5.74) is 0. The van der Waals surface area contributed by atoms with E-state index in [1.54, 1.807) is 5.32 Å². The molecule has 25 heavy (non-hydrogen) atoms. The molecule has 0 atom stereocenters. The highest BCUT2D eigenvalue weighted by Gasteiger charge is 2.51. The number of nitrogens with zero attached hydrogens (tertiary/aromatic N) is 2. The van der Waals surface area contributed by atoms with Crippen molar-refractivity contribution in [2.45, 2.75) is 24.7 Å². The van der Waals surface area contributed by atoms with Gasteiger partial charge in [-0.05, 0) is 0 Å². The number of nitrogens with one attached hydrogen (secondary N) is 1. The molecule has 2 amide bonds. The van der Waals surface area contributed by atoms with Crippen LogP contribution in [0.2, 0.25) is 0 Å². The second kappa shape index (κ2) is 8.15. The topological polar surface area (TPSA) is 52.7 Å². The summed E-state index contributed by atoms with van der Waals surface area (Å²) in [5.74, 6) is -13.8. The summed E-state index contributed by atoms with van der Waals surface area (Å²) >= 11 is 0. The Balaban J connectivity index is 2.39. The molecule has 0 aromatic rings. The molecule has 1 aliphatic rings. The van der Waals surface area contributed by atoms with Gasteiger partial charge in [0, 0.05) is 39.3 Å². The Labute approximate surface area is 136 Å². The predicted molar refractivity (Wildman–Crippen MR) is 67.9 cm³/mol. The summed E-state index contributed by atoms with van der Waals surface area (Å²) < 4.78 is 99.4. The quantitative estimate of drug-likeness (QED) is 0.667. The molecule has 0 aliphatic carbocycles. The molecule has 0 aromatic carbocycles. The lowest BCUT2D eigenvalue weighted by Crippen LogP contribution is -2.56. The standard InChI is InChI=1S/C12H15F8N3O2/c13-7(14)11(17,18)9(24)21-1-2-22-3-5-23(6-4-22)10(25)12(19,20)8(15)16/h7-8H,1-6H2,(H,21,24). The molecule has 0 spiro atoms. The number of halogens is 8. The first-order valence-corrected chi connectivity index (χ1v) is 7.02. The van der Waals surface area contributed by atoms with Gasteiger partial charge in [-0.3, -0.25) is 14.5 Å². The van der Waals surface area contributed by atoms with E-state index in [0.717, 1.165) is 0 Å². The monoisotopic (exact) mass is 385 g/mol. The van der Waals surface area contributed by atoms with Crippen LogP contribution in [-0.4, -0.2) is 85.6 Å². The zero-order valence-electron chi connectivity index (χ0n) is 12.6. The number of hydrogen-bond acceptors (Lipinski definition) is 3. The fourth-order valence-electron chi connectivity index (χ4n) is 2.02. The van der Waals surface area contributed by atoms with Gasteiger partial charge in [0.1, 0.15) is 0 Å². The SMILES string of the molecule is O=C(NCCN1CCN(C(=O)C(F)(F)C(F)F)CC1)C(F)(F)C(F)F. The average Bonchev–Trinajstić information content (AvgIpc) is 2.54. The molecular weight excluding hydrogens is 370 g/mol. The van der Waals surface area contributed by atoms with Crippen molar-refractivity contribution in [3.05, 3.63) is 0 Å². The smallest absolute Gasteiger partial charge is 0.349 e. The molecule has 1 rings (SSSR count). The van der Waals surface area contributed by atoms with Gasteiger partial charge < -0.3 is 10.2 Å². The van der Waals surface area contributed by atoms with E-state index in [1.165, 1.54) is 4.90 Å². The molecule has 0 radical (unpaired) electrons. The Hall–Kier alpha value is -1.66. The number of hydrogen-bond donors (Lipinski definition) is 1. The van der Waals surface area contributed by atoms with Gasteiger partial charge in [-0.15, -0.1) is 0 Å². The molecule has 0 bridgehead atoms. The molecule has 0 saturated carbocycles. The molecule has 0 aromatic heterocycles. The van der Waals surface area contributed by atoms with Gasteiger partial charge in [0.05, 0.1) is 0 Å². The first-order valence-electron chi connectivity index (χ1n) is 7.02. The van der Waals surface area contributed by atoms with Gasteiger partial charge in [-0.1, -0.05) is 0 Å². The number of carbonyl (C=O) groups excluding carboxylic acids is 2. The maximum absolute atomic E-state index is 13.0. The van der Waals surface area contributed by atoms with Crippen molar-refractivity contribution in [3.8, 4) is 0 Å². The normalized spacial score (nSPS) is 17.3. The third-order valence-corrected chi connectivity index (χ3v) is 3.51. The Kier molecular flexibility index (Phi) is 6.97. The molecule has 1 aliphatic heterocycles. The lowest BCUT2D eigenvalue weighted by atomic mass is 10.2. The van der Waals surface area contributed by atoms with E-state index in [1.807, 2.05) is 0 Å². The van der Waals surface area contributed by atoms with E-state index in [-0.39, 0.29) is 32.7 Å². The Bertz CT molecular complexity index is 478. The highest BCUT2D eigenvalue weighted by atomic mass is 19.3. The van der Waals surface area contributed by atoms with Crippen LogP contribution in [0.5, 0.6) is 0 Å². The van der Waals surface area contributed by atoms with Crippen molar-refractivity contribution in [1.82, 2.24) is 15.1 Å². The fraction of sp³-hybridized carbons (Fsp3) is 0.833. The minimum Gasteiger partial charge on any atom is -0.349 e. The molecule has 1 fully saturated rings. The number of amides is 2. The third kappa shape index (κ3) is 5.16. The summed E-state index contributed by atoms with van der Waals surface area (Å²) in [5, 5.41) is 1.61. The van der Waals surface area contributed by atoms with Crippen molar-refractivity contribution in [3.63, 3.8) is 0 Å². The molecule has 146 valence electrons. The van der Waals surface area contributed by atoms with Crippen molar-refractivity contribution in [1.29, 1.82) is 0 Å². The van der Waals surface area contributed by atoms with Crippen LogP contribution >= 0.6 is 0 Å². The second-order valence-electron chi connectivity index (χ2n) is 5.24. The lowest BCUT2D eigenvalue weighted by molar-refractivity contribution is -0.182. The van der Waals surface area contributed by atoms with E-state index >= 15 is 0 Å². The average molecular weight is 385 g/mol. The van der Waals surface area contributed by atoms with E-state index < -0.39 is 43.1 Å². The van der Waals surface area contributed by atoms with Crippen molar-refractivity contribution >= 4 is 11.8 Å². The maximum Gasteiger partial charge on any atom is 0.383 e. The van der Waals surface area contributed by atoms with Crippen LogP contribution in [0, 0.1) is 0 Å². The maximum atomic E-state index is 13.0. The van der Waals surface area contributed by atoms with Gasteiger partial charge in [0.25, 0.3) is 11.8 Å². The largest absolute Gasteiger partial charge is 0.383 e. The Morgan fingerprint density at radius 2 is 1.36 bits per heavy atom. The Morgan fingerprint density at radius 3 is 1.80 bits per heavy atom. The van der Waals surface area contributed by atoms with Crippen LogP contribution in [0.15, 0.2) is 0 Å². The van der Waals surface area contributed by atoms with E-state index in [2.05, 4.69) is 0 Å². The van der Waals surface area contributed by atoms with Crippen LogP contribution < -0.4 is 5.32 Å². The third-order valence-electron chi connectivity index (χ3n) is 3.51. The zero-order chi connectivity index (χ0) is 19.4. The van der Waals surface area contributed by atoms with Crippen LogP contribution in [0.3, 0.4) is 0 Å². The lowest BCUT2D eigenvalue weighted by Gasteiger charge is -2.36. The van der Waals surface area contributed by atoms with Crippen LogP contribution in [0.25, 0.3) is 0 Å². The summed E-state index contributed by atoms with van der Waals surface area (Å²) in [6.07, 6.45) is -8.29. The van der Waals surface area contributed by atoms with Crippen molar-refractivity contribution in [2.24, 2.45) is 0 Å². The Morgan fingerprint density at radius 1 is 0.880 bits per heavy atom. The summed E-state index contributed by atoms with van der Waals surface area (Å²) in [6.45, 7) is -1.16. The van der Waals surface area contributed by atoms with Crippen LogP contribution in [0.4, 0.5) is 35.1 Å². The molecule has 13 heteroatoms. The first-order chi connectivity index (χ1) is 11.4. The number of carbonyl (C=O) groups is 2. The van der Waals surface area contributed by atoms with Crippen LogP contribution in [0.1, 0.15) is 0 Å². The highest BCUT2D eigenvalue weighted by molar-refractivity contribution is 5.84. The molecule has 1 saturated heterocycles. The van der Waals surface area contributed by atoms with Gasteiger partial charge in [0.15, 0.2) is 0 Å². The zero-order valence-corrected chi connectivity index (χ0v) is 12.6. The molecular formula is C12H15F8N3O2. The summed E-state index contributed by atoms with van der Waals surface area (Å²) in [4.78, 5) is 24.2. The van der Waals surface area contributed by atoms with Crippen molar-refractivity contribution < 1.29 is 44.7 Å². The van der Waals surface area contributed by atoms with E-state index in [9.17, 15) is 44.7 Å². The van der Waals surface area contributed by atoms with E-state index in [0.29, 0.717) is 4.90 Å². The van der Waals surface area contributed by atoms with Gasteiger partial charge in [-0.2, -0.15) is 17.6 Å². The number of rotatable bonds is 7. The predicted octanol–water partition coefficient (Wildman–Crippen LogP) is 1.05. The first kappa shape index (κ1) is 21.4. The van der Waals surface area contributed by atoms with Gasteiger partial charge in [-0.25, -0.2) is 17.6 Å². The second-order valence-corrected chi connectivity index (χ2v) is 5.24. The van der Waals surface area contributed by atoms with Crippen LogP contribution in [-0.2, 0) is 9.59 Å². The molecule has 0 unspecified atom stereocenters. The minimum absolute atomic E-state index is 0.0355. The molecule has 5 nitrogen and oxygen atoms in total. The molecule has 1 N–H and O–H groups in total. The summed E-state index contributed by atoms with van der Waals surface area (Å²) in [7, 11) is 0. The minimum atomic E-state index is -4.83. The summed E-state index contributed by atoms with van der Waals surface area (Å²) in [6, 6.07) is 0. The van der Waals surface area contributed by atoms with Gasteiger partial charge >= 0.3 is 24.7 Å². The fourth-order valence-corrected chi connectivity index (χ4v) is 2.02. The number of piperazine rings is 1.